The molecule has 3 aromatic rings. The van der Waals surface area contributed by atoms with Crippen LogP contribution in [0.3, 0.4) is 0 Å². The Labute approximate surface area is 442 Å². The quantitative estimate of drug-likeness (QED) is 0.0189. The lowest BCUT2D eigenvalue weighted by Gasteiger charge is -2.59. The van der Waals surface area contributed by atoms with E-state index in [0.717, 1.165) is 48.8 Å². The molecular formula is C58H80N4O13. The van der Waals surface area contributed by atoms with E-state index in [2.05, 4.69) is 24.9 Å². The number of carbonyl (C=O) groups is 2. The predicted molar refractivity (Wildman–Crippen MR) is 286 cm³/mol. The van der Waals surface area contributed by atoms with Gasteiger partial charge in [0.2, 0.25) is 5.79 Å². The second-order valence-electron chi connectivity index (χ2n) is 19.7. The van der Waals surface area contributed by atoms with Gasteiger partial charge in [-0.1, -0.05) is 125 Å². The summed E-state index contributed by atoms with van der Waals surface area (Å²) in [5, 5.41) is 49.1. The zero-order valence-electron chi connectivity index (χ0n) is 43.8. The van der Waals surface area contributed by atoms with Crippen molar-refractivity contribution in [3.8, 4) is 17.2 Å². The van der Waals surface area contributed by atoms with Crippen LogP contribution in [0.5, 0.6) is 17.2 Å². The number of carbonyl (C=O) groups excluding carboxylic acids is 2. The maximum atomic E-state index is 14.9. The van der Waals surface area contributed by atoms with Crippen LogP contribution >= 0.6 is 0 Å². The van der Waals surface area contributed by atoms with Crippen molar-refractivity contribution in [1.29, 1.82) is 0 Å². The van der Waals surface area contributed by atoms with Gasteiger partial charge >= 0.3 is 12.2 Å². The molecule has 1 aliphatic heterocycles. The molecule has 1 saturated carbocycles. The molecule has 0 saturated heterocycles. The number of amides is 2. The number of aliphatic hydroxyl groups excluding tert-OH is 3. The highest BCUT2D eigenvalue weighted by molar-refractivity contribution is 6.03. The number of hydrogen-bond donors (Lipinski definition) is 4. The van der Waals surface area contributed by atoms with Crippen LogP contribution in [0.1, 0.15) is 133 Å². The van der Waals surface area contributed by atoms with Gasteiger partial charge in [0.15, 0.2) is 0 Å². The van der Waals surface area contributed by atoms with E-state index in [1.165, 1.54) is 74.1 Å². The molecule has 75 heavy (non-hydrogen) atoms. The molecular weight excluding hydrogens is 961 g/mol. The first-order valence-electron chi connectivity index (χ1n) is 27.3. The van der Waals surface area contributed by atoms with Crippen LogP contribution in [0.25, 0.3) is 0 Å². The van der Waals surface area contributed by atoms with Gasteiger partial charge in [-0.25, -0.2) is 9.59 Å². The number of unbranched alkanes of at least 4 members (excludes halogenated alkanes) is 11. The Hall–Kier alpha value is -5.85. The third-order valence-corrected chi connectivity index (χ3v) is 14.5. The largest absolute Gasteiger partial charge is 0.459 e. The number of nitro groups is 1. The van der Waals surface area contributed by atoms with E-state index in [-0.39, 0.29) is 82.5 Å². The predicted octanol–water partition coefficient (Wildman–Crippen LogP) is 10.9. The Morgan fingerprint density at radius 3 is 2.23 bits per heavy atom. The second kappa shape index (κ2) is 31.3. The first-order valence-corrected chi connectivity index (χ1v) is 27.3. The molecule has 17 heteroatoms. The summed E-state index contributed by atoms with van der Waals surface area (Å²) in [5.41, 5.74) is 2.82. The summed E-state index contributed by atoms with van der Waals surface area (Å²) in [6.07, 6.45) is 18.3. The van der Waals surface area contributed by atoms with Crippen molar-refractivity contribution in [2.45, 2.75) is 140 Å². The average Bonchev–Trinajstić information content (AvgIpc) is 3.46. The molecule has 17 nitrogen and oxygen atoms in total. The fraction of sp³-hybridized carbons (Fsp3) is 0.569. The van der Waals surface area contributed by atoms with E-state index in [0.29, 0.717) is 49.4 Å². The first kappa shape index (κ1) is 58.4. The molecule has 0 bridgehead atoms. The third-order valence-electron chi connectivity index (χ3n) is 14.5. The fourth-order valence-corrected chi connectivity index (χ4v) is 10.9. The Morgan fingerprint density at radius 2 is 1.55 bits per heavy atom. The number of non-ortho nitro benzene ring substituents is 1. The van der Waals surface area contributed by atoms with Crippen LogP contribution in [0.4, 0.5) is 15.3 Å². The number of rotatable bonds is 34. The number of nitro benzene ring substituents is 1. The van der Waals surface area contributed by atoms with E-state index in [1.54, 1.807) is 18.2 Å². The SMILES string of the molecule is C=CCO[C@@]12Oc3ccc(OC(=O)NCCCCCCCCCCCC)cc3[C@H]3[C@H](CCCCO)[C@@H](CCCCO)C=C(C(=NOCc4ccccc4)C[C@@H]1N(CCOCCO)C(=O)Oc1ccc([N+](=O)[O-])cc1)[C@H]32. The van der Waals surface area contributed by atoms with E-state index >= 15 is 0 Å². The molecule has 0 radical (unpaired) electrons. The van der Waals surface area contributed by atoms with Crippen molar-refractivity contribution >= 4 is 23.6 Å². The number of hydrogen-bond acceptors (Lipinski definition) is 14. The van der Waals surface area contributed by atoms with E-state index in [9.17, 15) is 35.0 Å². The summed E-state index contributed by atoms with van der Waals surface area (Å²) in [7, 11) is 0. The number of ether oxygens (including phenoxy) is 5. The van der Waals surface area contributed by atoms with Gasteiger partial charge in [-0.15, -0.1) is 6.58 Å². The summed E-state index contributed by atoms with van der Waals surface area (Å²) >= 11 is 0. The van der Waals surface area contributed by atoms with Crippen LogP contribution in [-0.2, 0) is 20.9 Å². The Morgan fingerprint density at radius 1 is 0.853 bits per heavy atom. The number of oxime groups is 1. The Balaban J connectivity index is 1.43. The molecule has 1 heterocycles. The first-order chi connectivity index (χ1) is 36.7. The van der Waals surface area contributed by atoms with Gasteiger partial charge in [-0.2, -0.15) is 0 Å². The summed E-state index contributed by atoms with van der Waals surface area (Å²) in [6.45, 7) is 6.60. The zero-order chi connectivity index (χ0) is 53.3. The molecule has 0 spiro atoms. The topological polar surface area (TPSA) is 221 Å². The van der Waals surface area contributed by atoms with Gasteiger partial charge in [0, 0.05) is 56.3 Å². The van der Waals surface area contributed by atoms with Gasteiger partial charge in [0.1, 0.15) is 29.9 Å². The number of nitrogens with zero attached hydrogens (tertiary/aromatic N) is 3. The van der Waals surface area contributed by atoms with Crippen molar-refractivity contribution in [3.63, 3.8) is 0 Å². The summed E-state index contributed by atoms with van der Waals surface area (Å²) < 4.78 is 32.2. The molecule has 2 aliphatic carbocycles. The van der Waals surface area contributed by atoms with E-state index < -0.39 is 40.8 Å². The van der Waals surface area contributed by atoms with Crippen LogP contribution in [0, 0.1) is 27.9 Å². The minimum absolute atomic E-state index is 0.00108. The molecule has 0 aromatic heterocycles. The number of nitrogens with one attached hydrogen (secondary N) is 1. The highest BCUT2D eigenvalue weighted by Gasteiger charge is 2.65. The van der Waals surface area contributed by atoms with Crippen LogP contribution in [0.15, 0.2) is 102 Å². The smallest absolute Gasteiger partial charge is 0.415 e. The molecule has 1 fully saturated rings. The van der Waals surface area contributed by atoms with Gasteiger partial charge < -0.3 is 49.2 Å². The molecule has 6 rings (SSSR count). The van der Waals surface area contributed by atoms with Gasteiger partial charge in [-0.3, -0.25) is 15.0 Å². The second-order valence-corrected chi connectivity index (χ2v) is 19.7. The normalized spacial score (nSPS) is 21.0. The Kier molecular flexibility index (Phi) is 24.3. The molecule has 6 atom stereocenters. The van der Waals surface area contributed by atoms with Crippen molar-refractivity contribution < 1.29 is 58.4 Å². The number of benzene rings is 3. The minimum Gasteiger partial charge on any atom is -0.459 e. The third kappa shape index (κ3) is 16.6. The summed E-state index contributed by atoms with van der Waals surface area (Å²) in [6, 6.07) is 19.1. The maximum Gasteiger partial charge on any atom is 0.415 e. The van der Waals surface area contributed by atoms with Crippen molar-refractivity contribution in [2.75, 3.05) is 52.7 Å². The highest BCUT2D eigenvalue weighted by Crippen LogP contribution is 2.62. The monoisotopic (exact) mass is 1040 g/mol. The van der Waals surface area contributed by atoms with Gasteiger partial charge in [0.25, 0.3) is 5.69 Å². The van der Waals surface area contributed by atoms with Crippen LogP contribution in [-0.4, -0.2) is 108 Å². The lowest BCUT2D eigenvalue weighted by Crippen LogP contribution is -2.70. The van der Waals surface area contributed by atoms with Crippen LogP contribution in [0.2, 0.25) is 0 Å². The molecule has 2 amide bonds. The molecule has 3 aromatic carbocycles. The summed E-state index contributed by atoms with van der Waals surface area (Å²) in [4.78, 5) is 47.0. The zero-order valence-corrected chi connectivity index (χ0v) is 43.8. The molecule has 4 N–H and O–H groups in total. The number of aliphatic hydroxyl groups is 3. The maximum absolute atomic E-state index is 14.9. The molecule has 410 valence electrons. The van der Waals surface area contributed by atoms with Crippen molar-refractivity contribution in [2.24, 2.45) is 22.9 Å². The lowest BCUT2D eigenvalue weighted by atomic mass is 9.55. The van der Waals surface area contributed by atoms with Crippen LogP contribution < -0.4 is 19.5 Å². The number of fused-ring (bicyclic) bond motifs is 2. The Bertz CT molecular complexity index is 2300. The fourth-order valence-electron chi connectivity index (χ4n) is 10.9. The summed E-state index contributed by atoms with van der Waals surface area (Å²) in [5.74, 6) is -2.12. The molecule has 3 aliphatic rings. The standard InChI is InChI=1S/C58H80N4O13/c1-3-5-6-7-8-9-10-11-12-18-31-59-56(66)73-47-29-30-52-50(40-47)54-48(24-17-20-34-64)44(23-16-19-33-63)39-49-51(60-72-42-43-21-14-13-15-22-43)41-53(58(75-52,55(49)54)71-36-4-2)61(32-37-70-38-35-65)57(67)74-46-27-25-45(26-28-46)62(68)69/h4,13-15,21-22,25-30,39-40,44,48,53-55,63-65H,2-3,5-12,16-20,23-24,31-38,41-42H2,1H3,(H,59,66)/t44-,48+,53-,54+,55+,58+/m0/s1. The minimum atomic E-state index is -1.66. The van der Waals surface area contributed by atoms with Crippen molar-refractivity contribution in [1.82, 2.24) is 10.2 Å². The van der Waals surface area contributed by atoms with Gasteiger partial charge in [-0.05, 0) is 85.4 Å². The number of allylic oxidation sites excluding steroid dienone is 1. The van der Waals surface area contributed by atoms with E-state index in [4.69, 9.17) is 33.7 Å². The van der Waals surface area contributed by atoms with Crippen molar-refractivity contribution in [3.05, 3.63) is 118 Å². The van der Waals surface area contributed by atoms with Gasteiger partial charge in [0.05, 0.1) is 43.0 Å². The highest BCUT2D eigenvalue weighted by atomic mass is 16.7. The lowest BCUT2D eigenvalue weighted by molar-refractivity contribution is -0.384. The van der Waals surface area contributed by atoms with E-state index in [1.807, 2.05) is 36.4 Å². The molecule has 0 unspecified atom stereocenters. The average molecular weight is 1040 g/mol.